The van der Waals surface area contributed by atoms with Crippen molar-refractivity contribution in [2.24, 2.45) is 0 Å². The normalized spacial score (nSPS) is 13.7. The highest BCUT2D eigenvalue weighted by Crippen LogP contribution is 2.01. The third-order valence-electron chi connectivity index (χ3n) is 0.813. The Balaban J connectivity index is 4.11. The van der Waals surface area contributed by atoms with Gasteiger partial charge in [0.05, 0.1) is 0 Å². The molecule has 0 fully saturated rings. The van der Waals surface area contributed by atoms with Crippen LogP contribution in [0.3, 0.4) is 0 Å². The molecule has 50 valence electrons. The van der Waals surface area contributed by atoms with E-state index in [0.29, 0.717) is 0 Å². The zero-order valence-corrected chi connectivity index (χ0v) is 7.10. The van der Waals surface area contributed by atoms with Crippen molar-refractivity contribution in [3.63, 3.8) is 0 Å². The first-order chi connectivity index (χ1) is 4.20. The fourth-order valence-electron chi connectivity index (χ4n) is 0.425. The largest absolute Gasteiger partial charge is 0.298 e. The summed E-state index contributed by atoms with van der Waals surface area (Å²) in [6, 6.07) is 0. The predicted octanol–water partition coefficient (Wildman–Crippen LogP) is 2.43. The van der Waals surface area contributed by atoms with Crippen LogP contribution in [-0.4, -0.2) is 6.29 Å². The van der Waals surface area contributed by atoms with E-state index in [4.69, 9.17) is 0 Å². The Morgan fingerprint density at radius 2 is 1.89 bits per heavy atom. The van der Waals surface area contributed by atoms with E-state index in [1.807, 2.05) is 13.0 Å². The van der Waals surface area contributed by atoms with Gasteiger partial charge in [-0.1, -0.05) is 22.0 Å². The van der Waals surface area contributed by atoms with Crippen molar-refractivity contribution in [2.45, 2.75) is 13.8 Å². The lowest BCUT2D eigenvalue weighted by molar-refractivity contribution is -0.104. The number of carbonyl (C=O) groups is 1. The molecule has 0 aromatic carbocycles. The van der Waals surface area contributed by atoms with Crippen LogP contribution in [0, 0.1) is 0 Å². The van der Waals surface area contributed by atoms with E-state index < -0.39 is 0 Å². The Morgan fingerprint density at radius 1 is 1.33 bits per heavy atom. The number of hydrogen-bond donors (Lipinski definition) is 0. The molecule has 0 aromatic rings. The average molecular weight is 189 g/mol. The Kier molecular flexibility index (Phi) is 4.32. The van der Waals surface area contributed by atoms with E-state index in [1.165, 1.54) is 0 Å². The smallest absolute Gasteiger partial charge is 0.145 e. The lowest BCUT2D eigenvalue weighted by Crippen LogP contribution is -1.75. The zero-order chi connectivity index (χ0) is 7.28. The highest BCUT2D eigenvalue weighted by Gasteiger charge is 1.83. The van der Waals surface area contributed by atoms with Gasteiger partial charge in [-0.15, -0.1) is 0 Å². The Bertz CT molecular complexity index is 156. The minimum atomic E-state index is 0.739. The van der Waals surface area contributed by atoms with E-state index in [0.717, 1.165) is 17.4 Å². The molecule has 0 aromatic heterocycles. The van der Waals surface area contributed by atoms with Crippen LogP contribution in [-0.2, 0) is 4.79 Å². The molecule has 0 aliphatic heterocycles. The Hall–Kier alpha value is -0.370. The SMILES string of the molecule is C/C(C=O)=C\C(C)=C\Br. The zero-order valence-electron chi connectivity index (χ0n) is 5.52. The van der Waals surface area contributed by atoms with Crippen molar-refractivity contribution >= 4 is 22.2 Å². The molecule has 0 aliphatic rings. The number of carbonyl (C=O) groups excluding carboxylic acids is 1. The second-order valence-electron chi connectivity index (χ2n) is 1.86. The van der Waals surface area contributed by atoms with Crippen molar-refractivity contribution < 1.29 is 4.79 Å². The van der Waals surface area contributed by atoms with Crippen LogP contribution in [0.15, 0.2) is 22.2 Å². The van der Waals surface area contributed by atoms with Gasteiger partial charge in [-0.3, -0.25) is 4.79 Å². The summed E-state index contributed by atoms with van der Waals surface area (Å²) in [5.41, 5.74) is 1.78. The van der Waals surface area contributed by atoms with E-state index >= 15 is 0 Å². The molecule has 0 atom stereocenters. The summed E-state index contributed by atoms with van der Waals surface area (Å²) < 4.78 is 0. The van der Waals surface area contributed by atoms with Crippen molar-refractivity contribution in [1.29, 1.82) is 0 Å². The maximum atomic E-state index is 10.0. The molecule has 0 heterocycles. The second kappa shape index (κ2) is 4.50. The minimum absolute atomic E-state index is 0.739. The molecule has 0 radical (unpaired) electrons. The third kappa shape index (κ3) is 4.15. The molecule has 1 nitrogen and oxygen atoms in total. The van der Waals surface area contributed by atoms with Crippen LogP contribution in [0.2, 0.25) is 0 Å². The van der Waals surface area contributed by atoms with Crippen molar-refractivity contribution in [3.8, 4) is 0 Å². The first-order valence-corrected chi connectivity index (χ1v) is 3.52. The summed E-state index contributed by atoms with van der Waals surface area (Å²) in [5.74, 6) is 0. The molecule has 9 heavy (non-hydrogen) atoms. The van der Waals surface area contributed by atoms with Crippen LogP contribution in [0.5, 0.6) is 0 Å². The second-order valence-corrected chi connectivity index (χ2v) is 2.32. The van der Waals surface area contributed by atoms with Gasteiger partial charge >= 0.3 is 0 Å². The van der Waals surface area contributed by atoms with Gasteiger partial charge in [0.2, 0.25) is 0 Å². The summed E-state index contributed by atoms with van der Waals surface area (Å²) in [7, 11) is 0. The maximum absolute atomic E-state index is 10.0. The molecule has 2 heteroatoms. The molecular formula is C7H9BrO. The van der Waals surface area contributed by atoms with Crippen molar-refractivity contribution in [1.82, 2.24) is 0 Å². The summed E-state index contributed by atoms with van der Waals surface area (Å²) in [6.07, 6.45) is 2.64. The lowest BCUT2D eigenvalue weighted by Gasteiger charge is -1.87. The topological polar surface area (TPSA) is 17.1 Å². The standard InChI is InChI=1S/C7H9BrO/c1-6(4-8)3-7(2)5-9/h3-5H,1-2H3/b6-4+,7-3+. The highest BCUT2D eigenvalue weighted by molar-refractivity contribution is 9.11. The maximum Gasteiger partial charge on any atom is 0.145 e. The van der Waals surface area contributed by atoms with Gasteiger partial charge in [0.15, 0.2) is 0 Å². The van der Waals surface area contributed by atoms with Gasteiger partial charge in [-0.2, -0.15) is 0 Å². The number of hydrogen-bond acceptors (Lipinski definition) is 1. The van der Waals surface area contributed by atoms with Gasteiger partial charge in [-0.25, -0.2) is 0 Å². The number of allylic oxidation sites excluding steroid dienone is 3. The number of halogens is 1. The van der Waals surface area contributed by atoms with Gasteiger partial charge in [0.1, 0.15) is 6.29 Å². The van der Waals surface area contributed by atoms with Gasteiger partial charge < -0.3 is 0 Å². The van der Waals surface area contributed by atoms with Crippen LogP contribution in [0.4, 0.5) is 0 Å². The van der Waals surface area contributed by atoms with Gasteiger partial charge in [-0.05, 0) is 30.0 Å². The summed E-state index contributed by atoms with van der Waals surface area (Å²) in [4.78, 5) is 11.8. The number of aldehydes is 1. The van der Waals surface area contributed by atoms with E-state index in [9.17, 15) is 4.79 Å². The molecule has 0 aliphatic carbocycles. The highest BCUT2D eigenvalue weighted by atomic mass is 79.9. The first-order valence-electron chi connectivity index (χ1n) is 2.61. The molecule has 0 saturated heterocycles. The lowest BCUT2D eigenvalue weighted by atomic mass is 10.2. The summed E-state index contributed by atoms with van der Waals surface area (Å²) in [6.45, 7) is 3.69. The first kappa shape index (κ1) is 8.63. The van der Waals surface area contributed by atoms with Crippen LogP contribution < -0.4 is 0 Å². The molecule has 0 spiro atoms. The van der Waals surface area contributed by atoms with Crippen molar-refractivity contribution in [3.05, 3.63) is 22.2 Å². The molecule has 0 rings (SSSR count). The molecule has 0 amide bonds. The van der Waals surface area contributed by atoms with E-state index in [1.54, 1.807) is 11.9 Å². The van der Waals surface area contributed by atoms with E-state index in [2.05, 4.69) is 15.9 Å². The van der Waals surface area contributed by atoms with Crippen molar-refractivity contribution in [2.75, 3.05) is 0 Å². The summed E-state index contributed by atoms with van der Waals surface area (Å²) in [5, 5.41) is 0. The van der Waals surface area contributed by atoms with Crippen LogP contribution in [0.25, 0.3) is 0 Å². The van der Waals surface area contributed by atoms with Gasteiger partial charge in [0, 0.05) is 0 Å². The number of rotatable bonds is 2. The molecular weight excluding hydrogens is 180 g/mol. The Morgan fingerprint density at radius 3 is 2.22 bits per heavy atom. The fraction of sp³-hybridized carbons (Fsp3) is 0.286. The van der Waals surface area contributed by atoms with Crippen LogP contribution >= 0.6 is 15.9 Å². The minimum Gasteiger partial charge on any atom is -0.298 e. The molecule has 0 saturated carbocycles. The van der Waals surface area contributed by atoms with E-state index in [-0.39, 0.29) is 0 Å². The van der Waals surface area contributed by atoms with Crippen LogP contribution in [0.1, 0.15) is 13.8 Å². The quantitative estimate of drug-likeness (QED) is 0.370. The van der Waals surface area contributed by atoms with Gasteiger partial charge in [0.25, 0.3) is 0 Å². The fourth-order valence-corrected chi connectivity index (χ4v) is 0.557. The average Bonchev–Trinajstić information content (AvgIpc) is 1.87. The molecule has 0 N–H and O–H groups in total. The summed E-state index contributed by atoms with van der Waals surface area (Å²) >= 11 is 3.15. The Labute approximate surface area is 63.6 Å². The molecule has 0 bridgehead atoms. The third-order valence-corrected chi connectivity index (χ3v) is 1.54. The monoisotopic (exact) mass is 188 g/mol. The molecule has 0 unspecified atom stereocenters. The predicted molar refractivity (Wildman–Crippen MR) is 42.5 cm³/mol.